The van der Waals surface area contributed by atoms with E-state index < -0.39 is 6.10 Å². The number of carbonyl (C=O) groups excluding carboxylic acids is 1. The van der Waals surface area contributed by atoms with Gasteiger partial charge in [-0.15, -0.1) is 0 Å². The van der Waals surface area contributed by atoms with E-state index in [4.69, 9.17) is 9.47 Å². The van der Waals surface area contributed by atoms with Crippen molar-refractivity contribution in [2.75, 3.05) is 13.7 Å². The Morgan fingerprint density at radius 1 is 1.32 bits per heavy atom. The van der Waals surface area contributed by atoms with Crippen LogP contribution < -0.4 is 4.74 Å². The zero-order valence-corrected chi connectivity index (χ0v) is 13.9. The number of aliphatic hydroxyl groups is 1. The standard InChI is InChI=1S/C19H18N2O4/c1-24-17-7-11(2-4-20-17)19-15-9-14-12(6-13(15)10-21-19)8-18(23)25-16(14)3-5-22/h2,4,6-7,9,16,22H,3,5,8,10H2,1H3. The Balaban J connectivity index is 1.77. The zero-order valence-electron chi connectivity index (χ0n) is 13.9. The Morgan fingerprint density at radius 3 is 3.00 bits per heavy atom. The molecule has 0 radical (unpaired) electrons. The molecule has 1 atom stereocenters. The lowest BCUT2D eigenvalue weighted by Gasteiger charge is -2.26. The number of esters is 1. The molecule has 0 amide bonds. The number of nitrogens with zero attached hydrogens (tertiary/aromatic N) is 2. The first-order valence-corrected chi connectivity index (χ1v) is 8.21. The highest BCUT2D eigenvalue weighted by Gasteiger charge is 2.29. The van der Waals surface area contributed by atoms with Gasteiger partial charge in [0.05, 0.1) is 25.8 Å². The molecule has 0 saturated heterocycles. The van der Waals surface area contributed by atoms with Crippen LogP contribution in [0.25, 0.3) is 0 Å². The molecule has 4 rings (SSSR count). The number of hydrogen-bond acceptors (Lipinski definition) is 6. The Kier molecular flexibility index (Phi) is 3.97. The summed E-state index contributed by atoms with van der Waals surface area (Å²) in [6.07, 6.45) is 1.96. The monoisotopic (exact) mass is 338 g/mol. The summed E-state index contributed by atoms with van der Waals surface area (Å²) in [5.74, 6) is 0.294. The van der Waals surface area contributed by atoms with Gasteiger partial charge in [-0.2, -0.15) is 0 Å². The van der Waals surface area contributed by atoms with Crippen molar-refractivity contribution in [3.63, 3.8) is 0 Å². The van der Waals surface area contributed by atoms with E-state index in [0.717, 1.165) is 33.5 Å². The fourth-order valence-corrected chi connectivity index (χ4v) is 3.43. The third-order valence-electron chi connectivity index (χ3n) is 4.59. The molecule has 6 heteroatoms. The van der Waals surface area contributed by atoms with Crippen molar-refractivity contribution in [3.8, 4) is 5.88 Å². The van der Waals surface area contributed by atoms with E-state index in [-0.39, 0.29) is 19.0 Å². The molecule has 0 aliphatic carbocycles. The van der Waals surface area contributed by atoms with Crippen molar-refractivity contribution < 1.29 is 19.4 Å². The van der Waals surface area contributed by atoms with E-state index in [1.54, 1.807) is 13.3 Å². The number of cyclic esters (lactones) is 1. The predicted molar refractivity (Wildman–Crippen MR) is 90.8 cm³/mol. The quantitative estimate of drug-likeness (QED) is 0.862. The molecule has 1 N–H and O–H groups in total. The third kappa shape index (κ3) is 2.78. The second-order valence-corrected chi connectivity index (χ2v) is 6.13. The highest BCUT2D eigenvalue weighted by atomic mass is 16.5. The van der Waals surface area contributed by atoms with Crippen LogP contribution in [-0.4, -0.2) is 35.5 Å². The summed E-state index contributed by atoms with van der Waals surface area (Å²) in [7, 11) is 1.58. The van der Waals surface area contributed by atoms with Gasteiger partial charge < -0.3 is 14.6 Å². The first-order valence-electron chi connectivity index (χ1n) is 8.21. The third-order valence-corrected chi connectivity index (χ3v) is 4.59. The summed E-state index contributed by atoms with van der Waals surface area (Å²) in [4.78, 5) is 20.6. The van der Waals surface area contributed by atoms with E-state index in [2.05, 4.69) is 16.0 Å². The molecule has 1 aromatic heterocycles. The molecule has 6 nitrogen and oxygen atoms in total. The van der Waals surface area contributed by atoms with Gasteiger partial charge in [0, 0.05) is 36.4 Å². The van der Waals surface area contributed by atoms with Gasteiger partial charge >= 0.3 is 5.97 Å². The molecule has 2 aliphatic heterocycles. The Bertz CT molecular complexity index is 876. The van der Waals surface area contributed by atoms with Crippen molar-refractivity contribution in [1.29, 1.82) is 0 Å². The van der Waals surface area contributed by atoms with Crippen molar-refractivity contribution >= 4 is 11.7 Å². The predicted octanol–water partition coefficient (Wildman–Crippen LogP) is 1.96. The zero-order chi connectivity index (χ0) is 17.4. The maximum atomic E-state index is 11.8. The van der Waals surface area contributed by atoms with Gasteiger partial charge in [-0.1, -0.05) is 6.07 Å². The maximum absolute atomic E-state index is 11.8. The number of methoxy groups -OCH3 is 1. The summed E-state index contributed by atoms with van der Waals surface area (Å²) < 4.78 is 10.6. The average Bonchev–Trinajstić information content (AvgIpc) is 3.03. The van der Waals surface area contributed by atoms with Gasteiger partial charge in [0.25, 0.3) is 0 Å². The lowest BCUT2D eigenvalue weighted by atomic mass is 9.89. The molecule has 0 saturated carbocycles. The summed E-state index contributed by atoms with van der Waals surface area (Å²) in [5, 5.41) is 9.28. The minimum absolute atomic E-state index is 0.0308. The minimum Gasteiger partial charge on any atom is -0.481 e. The first-order chi connectivity index (χ1) is 12.2. The number of pyridine rings is 1. The fraction of sp³-hybridized carbons (Fsp3) is 0.316. The normalized spacial score (nSPS) is 18.2. The van der Waals surface area contributed by atoms with Gasteiger partial charge in [-0.25, -0.2) is 4.98 Å². The number of aliphatic hydroxyl groups excluding tert-OH is 1. The van der Waals surface area contributed by atoms with Crippen LogP contribution in [0.5, 0.6) is 5.88 Å². The van der Waals surface area contributed by atoms with Crippen LogP contribution in [0.4, 0.5) is 0 Å². The van der Waals surface area contributed by atoms with Crippen LogP contribution in [0.3, 0.4) is 0 Å². The van der Waals surface area contributed by atoms with E-state index in [0.29, 0.717) is 18.8 Å². The highest BCUT2D eigenvalue weighted by Crippen LogP contribution is 2.35. The molecule has 0 spiro atoms. The van der Waals surface area contributed by atoms with Gasteiger partial charge in [0.1, 0.15) is 6.10 Å². The molecule has 128 valence electrons. The smallest absolute Gasteiger partial charge is 0.310 e. The molecule has 2 aliphatic rings. The molecule has 25 heavy (non-hydrogen) atoms. The molecule has 0 fully saturated rings. The second kappa shape index (κ2) is 6.29. The number of aromatic nitrogens is 1. The molecule has 1 unspecified atom stereocenters. The number of benzene rings is 1. The van der Waals surface area contributed by atoms with Crippen LogP contribution in [0.2, 0.25) is 0 Å². The number of rotatable bonds is 4. The van der Waals surface area contributed by atoms with Crippen LogP contribution >= 0.6 is 0 Å². The molecule has 2 aromatic rings. The summed E-state index contributed by atoms with van der Waals surface area (Å²) in [5.41, 5.74) is 5.89. The fourth-order valence-electron chi connectivity index (χ4n) is 3.43. The molecular weight excluding hydrogens is 320 g/mol. The maximum Gasteiger partial charge on any atom is 0.310 e. The SMILES string of the molecule is COc1cc(C2=NCc3cc4c(cc32)C(CCO)OC(=O)C4)ccn1. The van der Waals surface area contributed by atoms with Crippen LogP contribution in [-0.2, 0) is 22.5 Å². The number of ether oxygens (including phenoxy) is 2. The summed E-state index contributed by atoms with van der Waals surface area (Å²) in [6.45, 7) is 0.555. The topological polar surface area (TPSA) is 81.0 Å². The van der Waals surface area contributed by atoms with Crippen molar-refractivity contribution in [1.82, 2.24) is 4.98 Å². The van der Waals surface area contributed by atoms with Crippen LogP contribution in [0.1, 0.15) is 40.3 Å². The van der Waals surface area contributed by atoms with Crippen LogP contribution in [0.15, 0.2) is 35.5 Å². The van der Waals surface area contributed by atoms with Gasteiger partial charge in [-0.3, -0.25) is 9.79 Å². The summed E-state index contributed by atoms with van der Waals surface area (Å²) >= 11 is 0. The van der Waals surface area contributed by atoms with Crippen molar-refractivity contribution in [3.05, 3.63) is 58.3 Å². The van der Waals surface area contributed by atoms with Gasteiger partial charge in [-0.05, 0) is 28.8 Å². The minimum atomic E-state index is -0.402. The second-order valence-electron chi connectivity index (χ2n) is 6.13. The molecule has 1 aromatic carbocycles. The number of carbonyl (C=O) groups is 1. The first kappa shape index (κ1) is 15.8. The number of aliphatic imine (C=N–C) groups is 1. The molecular formula is C19H18N2O4. The van der Waals surface area contributed by atoms with E-state index in [9.17, 15) is 9.90 Å². The average molecular weight is 338 g/mol. The van der Waals surface area contributed by atoms with E-state index >= 15 is 0 Å². The molecule has 3 heterocycles. The van der Waals surface area contributed by atoms with Crippen molar-refractivity contribution in [2.45, 2.75) is 25.5 Å². The van der Waals surface area contributed by atoms with Crippen LogP contribution in [0, 0.1) is 0 Å². The number of hydrogen-bond donors (Lipinski definition) is 1. The summed E-state index contributed by atoms with van der Waals surface area (Å²) in [6, 6.07) is 7.86. The van der Waals surface area contributed by atoms with E-state index in [1.807, 2.05) is 18.2 Å². The highest BCUT2D eigenvalue weighted by molar-refractivity contribution is 6.15. The lowest BCUT2D eigenvalue weighted by Crippen LogP contribution is -2.23. The van der Waals surface area contributed by atoms with Gasteiger partial charge in [0.2, 0.25) is 5.88 Å². The Morgan fingerprint density at radius 2 is 2.20 bits per heavy atom. The Labute approximate surface area is 145 Å². The largest absolute Gasteiger partial charge is 0.481 e. The van der Waals surface area contributed by atoms with Crippen molar-refractivity contribution in [2.24, 2.45) is 4.99 Å². The Hall–Kier alpha value is -2.73. The number of fused-ring (bicyclic) bond motifs is 2. The van der Waals surface area contributed by atoms with E-state index in [1.165, 1.54) is 0 Å². The van der Waals surface area contributed by atoms with Gasteiger partial charge in [0.15, 0.2) is 0 Å². The lowest BCUT2D eigenvalue weighted by molar-refractivity contribution is -0.151. The molecule has 0 bridgehead atoms.